The van der Waals surface area contributed by atoms with E-state index in [0.717, 1.165) is 0 Å². The van der Waals surface area contributed by atoms with Gasteiger partial charge in [0.25, 0.3) is 0 Å². The molecule has 19 heavy (non-hydrogen) atoms. The average molecular weight is 287 g/mol. The van der Waals surface area contributed by atoms with Gasteiger partial charge in [0, 0.05) is 24.3 Å². The van der Waals surface area contributed by atoms with Crippen LogP contribution in [0, 0.1) is 5.82 Å². The van der Waals surface area contributed by atoms with E-state index in [2.05, 4.69) is 0 Å². The van der Waals surface area contributed by atoms with Gasteiger partial charge in [0.1, 0.15) is 5.82 Å². The van der Waals surface area contributed by atoms with E-state index in [0.29, 0.717) is 30.8 Å². The number of halogens is 1. The molecule has 6 heteroatoms. The summed E-state index contributed by atoms with van der Waals surface area (Å²) in [4.78, 5) is 1.91. The molecule has 0 amide bonds. The Balaban J connectivity index is 2.31. The maximum absolute atomic E-state index is 13.3. The van der Waals surface area contributed by atoms with Gasteiger partial charge >= 0.3 is 0 Å². The van der Waals surface area contributed by atoms with Crippen LogP contribution in [0.25, 0.3) is 0 Å². The van der Waals surface area contributed by atoms with E-state index in [1.807, 2.05) is 4.90 Å². The van der Waals surface area contributed by atoms with E-state index >= 15 is 0 Å². The summed E-state index contributed by atoms with van der Waals surface area (Å²) in [5.74, 6) is -0.111. The normalized spacial score (nSPS) is 20.9. The smallest absolute Gasteiger partial charge is 0.152 e. The van der Waals surface area contributed by atoms with Gasteiger partial charge in [0.15, 0.2) is 9.84 Å². The van der Waals surface area contributed by atoms with Crippen LogP contribution in [0.1, 0.15) is 25.0 Å². The molecule has 0 spiro atoms. The largest absolute Gasteiger partial charge is 0.389 e. The topological polar surface area (TPSA) is 57.6 Å². The third-order valence-corrected chi connectivity index (χ3v) is 5.05. The molecule has 106 valence electrons. The zero-order valence-electron chi connectivity index (χ0n) is 10.8. The van der Waals surface area contributed by atoms with E-state index in [1.165, 1.54) is 12.1 Å². The van der Waals surface area contributed by atoms with Crippen molar-refractivity contribution in [2.24, 2.45) is 0 Å². The average Bonchev–Trinajstić information content (AvgIpc) is 2.50. The predicted molar refractivity (Wildman–Crippen MR) is 72.5 cm³/mol. The molecule has 4 nitrogen and oxygen atoms in total. The Kier molecular flexibility index (Phi) is 4.10. The van der Waals surface area contributed by atoms with Crippen molar-refractivity contribution in [1.29, 1.82) is 0 Å². The highest BCUT2D eigenvalue weighted by Gasteiger charge is 2.22. The summed E-state index contributed by atoms with van der Waals surface area (Å²) in [5.41, 5.74) is 1.22. The van der Waals surface area contributed by atoms with Crippen molar-refractivity contribution < 1.29 is 17.9 Å². The highest BCUT2D eigenvalue weighted by atomic mass is 32.2. The van der Waals surface area contributed by atoms with Crippen molar-refractivity contribution in [3.8, 4) is 0 Å². The molecule has 1 fully saturated rings. The Hall–Kier alpha value is -1.14. The molecule has 1 aromatic rings. The lowest BCUT2D eigenvalue weighted by Gasteiger charge is -2.26. The molecule has 1 saturated heterocycles. The van der Waals surface area contributed by atoms with Crippen LogP contribution in [0.3, 0.4) is 0 Å². The zero-order valence-corrected chi connectivity index (χ0v) is 11.7. The van der Waals surface area contributed by atoms with Gasteiger partial charge in [-0.05, 0) is 31.5 Å². The molecule has 1 aromatic carbocycles. The van der Waals surface area contributed by atoms with Gasteiger partial charge < -0.3 is 10.0 Å². The second kappa shape index (κ2) is 5.46. The van der Waals surface area contributed by atoms with E-state index < -0.39 is 21.8 Å². The molecule has 1 aliphatic heterocycles. The second-order valence-corrected chi connectivity index (χ2v) is 7.18. The first-order valence-electron chi connectivity index (χ1n) is 6.32. The summed E-state index contributed by atoms with van der Waals surface area (Å²) in [6.07, 6.45) is -0.232. The fraction of sp³-hybridized carbons (Fsp3) is 0.538. The maximum atomic E-state index is 13.3. The number of sulfone groups is 1. The molecule has 0 bridgehead atoms. The molecule has 1 atom stereocenters. The van der Waals surface area contributed by atoms with E-state index in [1.54, 1.807) is 13.0 Å². The van der Waals surface area contributed by atoms with Gasteiger partial charge in [-0.2, -0.15) is 0 Å². The SMILES string of the molecule is C[C@H](O)c1cc(F)ccc1N1CCCS(=O)(=O)CC1. The lowest BCUT2D eigenvalue weighted by molar-refractivity contribution is 0.199. The summed E-state index contributed by atoms with van der Waals surface area (Å²) >= 11 is 0. The number of nitrogens with zero attached hydrogens (tertiary/aromatic N) is 1. The van der Waals surface area contributed by atoms with Gasteiger partial charge in [-0.25, -0.2) is 12.8 Å². The van der Waals surface area contributed by atoms with Crippen LogP contribution >= 0.6 is 0 Å². The highest BCUT2D eigenvalue weighted by molar-refractivity contribution is 7.91. The number of aliphatic hydroxyl groups is 1. The Morgan fingerprint density at radius 1 is 1.32 bits per heavy atom. The first kappa shape index (κ1) is 14.3. The van der Waals surface area contributed by atoms with Gasteiger partial charge in [-0.3, -0.25) is 0 Å². The van der Waals surface area contributed by atoms with Gasteiger partial charge in [0.05, 0.1) is 17.6 Å². The summed E-state index contributed by atoms with van der Waals surface area (Å²) in [6, 6.07) is 4.25. The molecule has 1 heterocycles. The summed E-state index contributed by atoms with van der Waals surface area (Å²) in [7, 11) is -2.98. The minimum Gasteiger partial charge on any atom is -0.389 e. The summed E-state index contributed by atoms with van der Waals surface area (Å²) in [6.45, 7) is 2.56. The third kappa shape index (κ3) is 3.45. The maximum Gasteiger partial charge on any atom is 0.152 e. The van der Waals surface area contributed by atoms with Crippen LogP contribution in [0.5, 0.6) is 0 Å². The first-order chi connectivity index (χ1) is 8.89. The molecular weight excluding hydrogens is 269 g/mol. The lowest BCUT2D eigenvalue weighted by Crippen LogP contribution is -2.28. The Morgan fingerprint density at radius 3 is 2.74 bits per heavy atom. The van der Waals surface area contributed by atoms with Crippen molar-refractivity contribution in [2.75, 3.05) is 29.5 Å². The fourth-order valence-electron chi connectivity index (χ4n) is 2.33. The standard InChI is InChI=1S/C13H18FNO3S/c1-10(16)12-9-11(14)3-4-13(12)15-5-2-7-19(17,18)8-6-15/h3-4,9-10,16H,2,5-8H2,1H3/t10-/m0/s1. The number of anilines is 1. The summed E-state index contributed by atoms with van der Waals surface area (Å²) < 4.78 is 36.4. The van der Waals surface area contributed by atoms with Crippen molar-refractivity contribution >= 4 is 15.5 Å². The van der Waals surface area contributed by atoms with E-state index in [9.17, 15) is 17.9 Å². The number of hydrogen-bond acceptors (Lipinski definition) is 4. The number of hydrogen-bond donors (Lipinski definition) is 1. The second-order valence-electron chi connectivity index (χ2n) is 4.87. The van der Waals surface area contributed by atoms with Gasteiger partial charge in [-0.15, -0.1) is 0 Å². The van der Waals surface area contributed by atoms with Crippen molar-refractivity contribution in [3.05, 3.63) is 29.6 Å². The number of rotatable bonds is 2. The molecule has 0 radical (unpaired) electrons. The van der Waals surface area contributed by atoms with E-state index in [-0.39, 0.29) is 11.5 Å². The minimum atomic E-state index is -2.98. The van der Waals surface area contributed by atoms with Crippen LogP contribution in [-0.4, -0.2) is 38.1 Å². The third-order valence-electron chi connectivity index (χ3n) is 3.34. The Morgan fingerprint density at radius 2 is 2.05 bits per heavy atom. The van der Waals surface area contributed by atoms with Gasteiger partial charge in [0.2, 0.25) is 0 Å². The van der Waals surface area contributed by atoms with E-state index in [4.69, 9.17) is 0 Å². The molecule has 0 unspecified atom stereocenters. The van der Waals surface area contributed by atoms with Crippen molar-refractivity contribution in [1.82, 2.24) is 0 Å². The molecule has 0 aromatic heterocycles. The quantitative estimate of drug-likeness (QED) is 0.895. The Bertz CT molecular complexity index is 557. The molecular formula is C13H18FNO3S. The highest BCUT2D eigenvalue weighted by Crippen LogP contribution is 2.28. The molecule has 0 saturated carbocycles. The molecule has 1 N–H and O–H groups in total. The zero-order chi connectivity index (χ0) is 14.0. The predicted octanol–water partition coefficient (Wildman–Crippen LogP) is 1.50. The van der Waals surface area contributed by atoms with Crippen molar-refractivity contribution in [3.63, 3.8) is 0 Å². The van der Waals surface area contributed by atoms with Crippen molar-refractivity contribution in [2.45, 2.75) is 19.4 Å². The number of benzene rings is 1. The van der Waals surface area contributed by atoms with Crippen LogP contribution in [0.4, 0.5) is 10.1 Å². The van der Waals surface area contributed by atoms with Gasteiger partial charge in [-0.1, -0.05) is 0 Å². The lowest BCUT2D eigenvalue weighted by atomic mass is 10.1. The Labute approximate surface area is 112 Å². The van der Waals surface area contributed by atoms with Crippen LogP contribution in [0.2, 0.25) is 0 Å². The van der Waals surface area contributed by atoms with Crippen LogP contribution in [-0.2, 0) is 9.84 Å². The number of aliphatic hydroxyl groups excluding tert-OH is 1. The molecule has 2 rings (SSSR count). The molecule has 1 aliphatic rings. The monoisotopic (exact) mass is 287 g/mol. The minimum absolute atomic E-state index is 0.101. The first-order valence-corrected chi connectivity index (χ1v) is 8.14. The summed E-state index contributed by atoms with van der Waals surface area (Å²) in [5, 5.41) is 9.72. The molecule has 0 aliphatic carbocycles. The van der Waals surface area contributed by atoms with Crippen LogP contribution < -0.4 is 4.90 Å². The van der Waals surface area contributed by atoms with Crippen LogP contribution in [0.15, 0.2) is 18.2 Å². The fourth-order valence-corrected chi connectivity index (χ4v) is 3.60.